The molecule has 0 saturated carbocycles. The Morgan fingerprint density at radius 2 is 2.04 bits per heavy atom. The van der Waals surface area contributed by atoms with Gasteiger partial charge < -0.3 is 25.2 Å². The highest BCUT2D eigenvalue weighted by molar-refractivity contribution is 6.04. The van der Waals surface area contributed by atoms with E-state index in [9.17, 15) is 4.79 Å². The number of nitrogens with zero attached hydrogens (tertiary/aromatic N) is 2. The minimum Gasteiger partial charge on any atom is -0.400 e. The minimum atomic E-state index is -0.0539. The number of amidine groups is 1. The van der Waals surface area contributed by atoms with Gasteiger partial charge in [-0.2, -0.15) is 0 Å². The van der Waals surface area contributed by atoms with E-state index in [0.29, 0.717) is 25.4 Å². The molecule has 1 atom stereocenters. The van der Waals surface area contributed by atoms with Crippen molar-refractivity contribution in [3.8, 4) is 0 Å². The molecular weight excluding hydrogens is 298 g/mol. The molecule has 0 aliphatic carbocycles. The van der Waals surface area contributed by atoms with Crippen LogP contribution in [0.3, 0.4) is 0 Å². The van der Waals surface area contributed by atoms with E-state index in [1.807, 2.05) is 24.3 Å². The second kappa shape index (κ2) is 12.6. The molecule has 0 heterocycles. The van der Waals surface area contributed by atoms with Crippen LogP contribution in [0.2, 0.25) is 0 Å². The molecule has 1 aromatic carbocycles. The fourth-order valence-electron chi connectivity index (χ4n) is 2.03. The predicted molar refractivity (Wildman–Crippen MR) is 91.9 cm³/mol. The van der Waals surface area contributed by atoms with Crippen molar-refractivity contribution in [1.82, 2.24) is 0 Å². The van der Waals surface area contributed by atoms with Gasteiger partial charge in [0.15, 0.2) is 0 Å². The van der Waals surface area contributed by atoms with Crippen LogP contribution in [0.25, 0.3) is 0 Å². The molecule has 0 aliphatic heterocycles. The van der Waals surface area contributed by atoms with Gasteiger partial charge in [-0.3, -0.25) is 9.79 Å². The summed E-state index contributed by atoms with van der Waals surface area (Å²) in [6.07, 6.45) is 1.41. The lowest BCUT2D eigenvalue weighted by atomic mass is 10.1. The van der Waals surface area contributed by atoms with E-state index in [1.54, 1.807) is 26.2 Å². The van der Waals surface area contributed by atoms with Crippen LogP contribution in [-0.2, 0) is 14.3 Å². The number of carbonyl (C=O) groups excluding carboxylic acids is 1. The first-order chi connectivity index (χ1) is 11.2. The molecule has 7 nitrogen and oxygen atoms in total. The van der Waals surface area contributed by atoms with Crippen LogP contribution in [-0.4, -0.2) is 65.0 Å². The summed E-state index contributed by atoms with van der Waals surface area (Å²) in [5, 5.41) is 7.00. The molecule has 7 heteroatoms. The number of amides is 1. The average Bonchev–Trinajstić information content (AvgIpc) is 2.62. The predicted octanol–water partition coefficient (Wildman–Crippen LogP) is 0.645. The summed E-state index contributed by atoms with van der Waals surface area (Å²) >= 11 is 0. The smallest absolute Gasteiger partial charge is 0.214 e. The van der Waals surface area contributed by atoms with E-state index in [4.69, 9.17) is 20.3 Å². The highest BCUT2D eigenvalue weighted by atomic mass is 16.5. The van der Waals surface area contributed by atoms with Gasteiger partial charge in [0.05, 0.1) is 18.4 Å². The Morgan fingerprint density at radius 3 is 2.57 bits per heavy atom. The maximum atomic E-state index is 11.4. The lowest BCUT2D eigenvalue weighted by Gasteiger charge is -2.23. The number of aliphatic hydroxyl groups excluding tert-OH is 1. The van der Waals surface area contributed by atoms with Crippen LogP contribution in [0.15, 0.2) is 29.3 Å². The summed E-state index contributed by atoms with van der Waals surface area (Å²) in [6, 6.07) is 7.42. The molecule has 0 spiro atoms. The van der Waals surface area contributed by atoms with Crippen LogP contribution >= 0.6 is 0 Å². The number of hydrogen-bond donors (Lipinski definition) is 2. The summed E-state index contributed by atoms with van der Waals surface area (Å²) in [4.78, 5) is 17.0. The first kappa shape index (κ1) is 21.0. The van der Waals surface area contributed by atoms with Gasteiger partial charge >= 0.3 is 0 Å². The van der Waals surface area contributed by atoms with Crippen molar-refractivity contribution < 1.29 is 19.4 Å². The highest BCUT2D eigenvalue weighted by Crippen LogP contribution is 2.19. The number of rotatable bonds is 9. The molecule has 130 valence electrons. The largest absolute Gasteiger partial charge is 0.400 e. The summed E-state index contributed by atoms with van der Waals surface area (Å²) in [6.45, 7) is 1.00. The summed E-state index contributed by atoms with van der Waals surface area (Å²) in [5.74, 6) is 0.401. The zero-order chi connectivity index (χ0) is 17.7. The maximum absolute atomic E-state index is 11.4. The van der Waals surface area contributed by atoms with Crippen molar-refractivity contribution >= 4 is 17.9 Å². The lowest BCUT2D eigenvalue weighted by Crippen LogP contribution is -2.30. The summed E-state index contributed by atoms with van der Waals surface area (Å²) in [7, 11) is 5.87. The number of aliphatic imine (C=N–C) groups is 1. The molecule has 0 aliphatic rings. The third-order valence-corrected chi connectivity index (χ3v) is 3.24. The van der Waals surface area contributed by atoms with Crippen molar-refractivity contribution in [3.63, 3.8) is 0 Å². The van der Waals surface area contributed by atoms with E-state index in [1.165, 1.54) is 0 Å². The van der Waals surface area contributed by atoms with E-state index in [-0.39, 0.29) is 6.10 Å². The van der Waals surface area contributed by atoms with Crippen LogP contribution < -0.4 is 10.6 Å². The van der Waals surface area contributed by atoms with Crippen LogP contribution in [0.1, 0.15) is 12.0 Å². The molecule has 1 rings (SSSR count). The number of para-hydroxylation sites is 1. The van der Waals surface area contributed by atoms with Crippen molar-refractivity contribution in [2.24, 2.45) is 10.7 Å². The molecule has 0 radical (unpaired) electrons. The standard InChI is InChI=1S/C15H23N3O3.CH4O/c1-17-15(16)13-6-4-5-7-14(13)18(11-19)9-8-12(21-3)10-20-2;1-2/h4-7,11-12H,8-10H2,1-3H3,(H2,16,17);2H,1H3. The first-order valence-electron chi connectivity index (χ1n) is 7.18. The number of carbonyl (C=O) groups is 1. The molecule has 0 fully saturated rings. The van der Waals surface area contributed by atoms with Gasteiger partial charge in [-0.05, 0) is 18.6 Å². The van der Waals surface area contributed by atoms with Gasteiger partial charge in [0, 0.05) is 40.5 Å². The molecule has 1 aromatic rings. The van der Waals surface area contributed by atoms with Gasteiger partial charge in [-0.15, -0.1) is 0 Å². The average molecular weight is 325 g/mol. The molecule has 0 aromatic heterocycles. The van der Waals surface area contributed by atoms with Gasteiger partial charge in [0.25, 0.3) is 0 Å². The third-order valence-electron chi connectivity index (χ3n) is 3.24. The molecular formula is C16H27N3O4. The Morgan fingerprint density at radius 1 is 1.39 bits per heavy atom. The van der Waals surface area contributed by atoms with Gasteiger partial charge in [0.2, 0.25) is 6.41 Å². The van der Waals surface area contributed by atoms with Crippen LogP contribution in [0, 0.1) is 0 Å². The number of methoxy groups -OCH3 is 2. The summed E-state index contributed by atoms with van der Waals surface area (Å²) in [5.41, 5.74) is 7.36. The van der Waals surface area contributed by atoms with Gasteiger partial charge in [0.1, 0.15) is 5.84 Å². The van der Waals surface area contributed by atoms with Crippen molar-refractivity contribution in [3.05, 3.63) is 29.8 Å². The fourth-order valence-corrected chi connectivity index (χ4v) is 2.03. The Hall–Kier alpha value is -1.96. The molecule has 3 N–H and O–H groups in total. The third kappa shape index (κ3) is 6.77. The zero-order valence-corrected chi connectivity index (χ0v) is 14.2. The number of aliphatic hydroxyl groups is 1. The first-order valence-corrected chi connectivity index (χ1v) is 7.18. The quantitative estimate of drug-likeness (QED) is 0.394. The fraction of sp³-hybridized carbons (Fsp3) is 0.500. The topological polar surface area (TPSA) is 97.4 Å². The molecule has 0 saturated heterocycles. The van der Waals surface area contributed by atoms with E-state index in [0.717, 1.165) is 24.8 Å². The monoisotopic (exact) mass is 325 g/mol. The van der Waals surface area contributed by atoms with Crippen LogP contribution in [0.4, 0.5) is 5.69 Å². The Labute approximate surface area is 137 Å². The second-order valence-corrected chi connectivity index (χ2v) is 4.53. The molecule has 23 heavy (non-hydrogen) atoms. The van der Waals surface area contributed by atoms with Gasteiger partial charge in [-0.1, -0.05) is 12.1 Å². The minimum absolute atomic E-state index is 0.0539. The lowest BCUT2D eigenvalue weighted by molar-refractivity contribution is -0.107. The number of nitrogens with two attached hydrogens (primary N) is 1. The molecule has 1 unspecified atom stereocenters. The SMILES string of the molecule is CN=C(N)c1ccccc1N(C=O)CCC(COC)OC.CO. The van der Waals surface area contributed by atoms with Crippen molar-refractivity contribution in [1.29, 1.82) is 0 Å². The Bertz CT molecular complexity index is 480. The van der Waals surface area contributed by atoms with Gasteiger partial charge in [-0.25, -0.2) is 0 Å². The normalized spacial score (nSPS) is 12.1. The Balaban J connectivity index is 0.00000232. The molecule has 1 amide bonds. The van der Waals surface area contributed by atoms with Crippen molar-refractivity contribution in [2.75, 3.05) is 46.4 Å². The molecule has 0 bridgehead atoms. The van der Waals surface area contributed by atoms with Crippen LogP contribution in [0.5, 0.6) is 0 Å². The van der Waals surface area contributed by atoms with E-state index < -0.39 is 0 Å². The Kier molecular flexibility index (Phi) is 11.5. The number of anilines is 1. The van der Waals surface area contributed by atoms with E-state index in [2.05, 4.69) is 4.99 Å². The summed E-state index contributed by atoms with van der Waals surface area (Å²) < 4.78 is 10.4. The number of ether oxygens (including phenoxy) is 2. The second-order valence-electron chi connectivity index (χ2n) is 4.53. The van der Waals surface area contributed by atoms with Crippen molar-refractivity contribution in [2.45, 2.75) is 12.5 Å². The number of hydrogen-bond acceptors (Lipinski definition) is 5. The zero-order valence-electron chi connectivity index (χ0n) is 14.2. The van der Waals surface area contributed by atoms with E-state index >= 15 is 0 Å². The number of benzene rings is 1. The maximum Gasteiger partial charge on any atom is 0.214 e. The highest BCUT2D eigenvalue weighted by Gasteiger charge is 2.15.